The van der Waals surface area contributed by atoms with Crippen LogP contribution in [0.25, 0.3) is 0 Å². The Balaban J connectivity index is 2.21. The summed E-state index contributed by atoms with van der Waals surface area (Å²) in [6, 6.07) is 0. The summed E-state index contributed by atoms with van der Waals surface area (Å²) >= 11 is 6.07. The molecule has 1 aromatic heterocycles. The minimum Gasteiger partial charge on any atom is -0.476 e. The van der Waals surface area contributed by atoms with Crippen molar-refractivity contribution in [2.75, 3.05) is 13.7 Å². The maximum absolute atomic E-state index is 11.5. The Morgan fingerprint density at radius 2 is 2.10 bits per heavy atom. The predicted molar refractivity (Wildman–Crippen MR) is 81.1 cm³/mol. The summed E-state index contributed by atoms with van der Waals surface area (Å²) in [5.41, 5.74) is 0.134. The van der Waals surface area contributed by atoms with Gasteiger partial charge in [-0.1, -0.05) is 30.9 Å². The van der Waals surface area contributed by atoms with Gasteiger partial charge >= 0.3 is 5.97 Å². The van der Waals surface area contributed by atoms with Crippen molar-refractivity contribution < 1.29 is 14.6 Å². The molecule has 0 radical (unpaired) electrons. The Morgan fingerprint density at radius 3 is 2.71 bits per heavy atom. The minimum atomic E-state index is -0.999. The SMILES string of the molecule is COCCCCn1c(C2CCCCC2)nc(Cl)c1C(=O)O. The number of carbonyl (C=O) groups is 1. The van der Waals surface area contributed by atoms with E-state index < -0.39 is 5.97 Å². The minimum absolute atomic E-state index is 0.120. The molecule has 0 atom stereocenters. The van der Waals surface area contributed by atoms with Crippen LogP contribution < -0.4 is 0 Å². The van der Waals surface area contributed by atoms with Crippen molar-refractivity contribution in [3.8, 4) is 0 Å². The molecule has 2 rings (SSSR count). The van der Waals surface area contributed by atoms with Crippen LogP contribution in [0, 0.1) is 0 Å². The second-order valence-corrected chi connectivity index (χ2v) is 5.96. The fraction of sp³-hybridized carbons (Fsp3) is 0.733. The maximum atomic E-state index is 11.5. The lowest BCUT2D eigenvalue weighted by Crippen LogP contribution is -2.16. The van der Waals surface area contributed by atoms with Crippen LogP contribution in [0.4, 0.5) is 0 Å². The highest BCUT2D eigenvalue weighted by atomic mass is 35.5. The maximum Gasteiger partial charge on any atom is 0.355 e. The van der Waals surface area contributed by atoms with Crippen LogP contribution in [-0.2, 0) is 11.3 Å². The summed E-state index contributed by atoms with van der Waals surface area (Å²) in [5.74, 6) is 0.197. The zero-order valence-electron chi connectivity index (χ0n) is 12.5. The molecule has 1 N–H and O–H groups in total. The van der Waals surface area contributed by atoms with Crippen LogP contribution >= 0.6 is 11.6 Å². The summed E-state index contributed by atoms with van der Waals surface area (Å²) in [6.07, 6.45) is 7.53. The average Bonchev–Trinajstić information content (AvgIpc) is 2.81. The number of ether oxygens (including phenoxy) is 1. The Hall–Kier alpha value is -1.07. The number of methoxy groups -OCH3 is 1. The van der Waals surface area contributed by atoms with Gasteiger partial charge in [0.2, 0.25) is 0 Å². The first-order chi connectivity index (χ1) is 10.1. The number of rotatable bonds is 7. The fourth-order valence-electron chi connectivity index (χ4n) is 3.06. The highest BCUT2D eigenvalue weighted by Gasteiger charge is 2.27. The standard InChI is InChI=1S/C15H23ClN2O3/c1-21-10-6-5-9-18-12(15(19)20)13(16)17-14(18)11-7-3-2-4-8-11/h11H,2-10H2,1H3,(H,19,20). The van der Waals surface area contributed by atoms with Gasteiger partial charge in [0.1, 0.15) is 5.82 Å². The molecule has 0 unspecified atom stereocenters. The number of imidazole rings is 1. The molecule has 1 aliphatic carbocycles. The lowest BCUT2D eigenvalue weighted by molar-refractivity contribution is 0.0684. The van der Waals surface area contributed by atoms with Gasteiger partial charge in [0.15, 0.2) is 10.8 Å². The fourth-order valence-corrected chi connectivity index (χ4v) is 3.33. The normalized spacial score (nSPS) is 16.3. The lowest BCUT2D eigenvalue weighted by Gasteiger charge is -2.22. The van der Waals surface area contributed by atoms with Gasteiger partial charge in [0, 0.05) is 26.2 Å². The molecule has 118 valence electrons. The molecule has 0 amide bonds. The first-order valence-electron chi connectivity index (χ1n) is 7.63. The van der Waals surface area contributed by atoms with E-state index >= 15 is 0 Å². The van der Waals surface area contributed by atoms with Gasteiger partial charge in [0.05, 0.1) is 0 Å². The molecular formula is C15H23ClN2O3. The predicted octanol–water partition coefficient (Wildman–Crippen LogP) is 3.71. The van der Waals surface area contributed by atoms with Crippen molar-refractivity contribution in [3.63, 3.8) is 0 Å². The van der Waals surface area contributed by atoms with Gasteiger partial charge in [-0.2, -0.15) is 0 Å². The van der Waals surface area contributed by atoms with Crippen LogP contribution in [0.3, 0.4) is 0 Å². The number of halogens is 1. The summed E-state index contributed by atoms with van der Waals surface area (Å²) in [5, 5.41) is 9.51. The summed E-state index contributed by atoms with van der Waals surface area (Å²) in [6.45, 7) is 1.32. The summed E-state index contributed by atoms with van der Waals surface area (Å²) in [7, 11) is 1.67. The van der Waals surface area contributed by atoms with Crippen molar-refractivity contribution in [2.45, 2.75) is 57.4 Å². The molecule has 21 heavy (non-hydrogen) atoms. The van der Waals surface area contributed by atoms with E-state index in [1.807, 2.05) is 4.57 Å². The van der Waals surface area contributed by atoms with E-state index in [1.54, 1.807) is 7.11 Å². The quantitative estimate of drug-likeness (QED) is 0.779. The van der Waals surface area contributed by atoms with Crippen molar-refractivity contribution in [1.82, 2.24) is 9.55 Å². The van der Waals surface area contributed by atoms with E-state index in [0.29, 0.717) is 19.1 Å². The molecule has 5 nitrogen and oxygen atoms in total. The van der Waals surface area contributed by atoms with E-state index in [0.717, 1.165) is 31.5 Å². The van der Waals surface area contributed by atoms with E-state index in [1.165, 1.54) is 19.3 Å². The van der Waals surface area contributed by atoms with Crippen LogP contribution in [0.2, 0.25) is 5.15 Å². The smallest absolute Gasteiger partial charge is 0.355 e. The molecule has 0 aromatic carbocycles. The first kappa shape index (κ1) is 16.3. The molecule has 0 spiro atoms. The van der Waals surface area contributed by atoms with E-state index in [-0.39, 0.29) is 10.8 Å². The zero-order chi connectivity index (χ0) is 15.2. The van der Waals surface area contributed by atoms with Crippen molar-refractivity contribution in [1.29, 1.82) is 0 Å². The number of hydrogen-bond acceptors (Lipinski definition) is 3. The molecule has 1 fully saturated rings. The number of carboxylic acids is 1. The number of nitrogens with zero attached hydrogens (tertiary/aromatic N) is 2. The third-order valence-corrected chi connectivity index (χ3v) is 4.37. The van der Waals surface area contributed by atoms with Gasteiger partial charge in [-0.3, -0.25) is 0 Å². The van der Waals surface area contributed by atoms with Gasteiger partial charge in [-0.25, -0.2) is 9.78 Å². The lowest BCUT2D eigenvalue weighted by atomic mass is 9.88. The Labute approximate surface area is 130 Å². The van der Waals surface area contributed by atoms with Gasteiger partial charge in [0.25, 0.3) is 0 Å². The average molecular weight is 315 g/mol. The number of aromatic nitrogens is 2. The Morgan fingerprint density at radius 1 is 1.38 bits per heavy atom. The highest BCUT2D eigenvalue weighted by molar-refractivity contribution is 6.32. The highest BCUT2D eigenvalue weighted by Crippen LogP contribution is 2.34. The van der Waals surface area contributed by atoms with Gasteiger partial charge in [-0.15, -0.1) is 0 Å². The van der Waals surface area contributed by atoms with Crippen LogP contribution in [0.15, 0.2) is 0 Å². The van der Waals surface area contributed by atoms with Crippen LogP contribution in [0.5, 0.6) is 0 Å². The molecule has 1 aliphatic rings. The van der Waals surface area contributed by atoms with Crippen LogP contribution in [-0.4, -0.2) is 34.3 Å². The second kappa shape index (κ2) is 7.80. The third-order valence-electron chi connectivity index (χ3n) is 4.11. The third kappa shape index (κ3) is 3.98. The summed E-state index contributed by atoms with van der Waals surface area (Å²) in [4.78, 5) is 15.8. The molecule has 6 heteroatoms. The molecule has 0 saturated heterocycles. The van der Waals surface area contributed by atoms with E-state index in [2.05, 4.69) is 4.98 Å². The second-order valence-electron chi connectivity index (χ2n) is 5.60. The number of carboxylic acid groups (broad SMARTS) is 1. The molecule has 0 aliphatic heterocycles. The molecule has 1 aromatic rings. The number of unbranched alkanes of at least 4 members (excludes halogenated alkanes) is 1. The Kier molecular flexibility index (Phi) is 6.06. The number of hydrogen-bond donors (Lipinski definition) is 1. The summed E-state index contributed by atoms with van der Waals surface area (Å²) < 4.78 is 6.86. The van der Waals surface area contributed by atoms with Crippen molar-refractivity contribution >= 4 is 17.6 Å². The van der Waals surface area contributed by atoms with E-state index in [4.69, 9.17) is 16.3 Å². The molecule has 1 heterocycles. The topological polar surface area (TPSA) is 64.4 Å². The molecule has 1 saturated carbocycles. The number of aromatic carboxylic acids is 1. The van der Waals surface area contributed by atoms with Gasteiger partial charge < -0.3 is 14.4 Å². The molecular weight excluding hydrogens is 292 g/mol. The van der Waals surface area contributed by atoms with Crippen molar-refractivity contribution in [2.24, 2.45) is 0 Å². The van der Waals surface area contributed by atoms with Crippen LogP contribution in [0.1, 0.15) is 67.2 Å². The van der Waals surface area contributed by atoms with E-state index in [9.17, 15) is 9.90 Å². The monoisotopic (exact) mass is 314 g/mol. The van der Waals surface area contributed by atoms with Crippen molar-refractivity contribution in [3.05, 3.63) is 16.7 Å². The largest absolute Gasteiger partial charge is 0.476 e. The Bertz CT molecular complexity index is 482. The van der Waals surface area contributed by atoms with Gasteiger partial charge in [-0.05, 0) is 25.7 Å². The molecule has 0 bridgehead atoms. The zero-order valence-corrected chi connectivity index (χ0v) is 13.2. The first-order valence-corrected chi connectivity index (χ1v) is 8.01.